The van der Waals surface area contributed by atoms with Crippen LogP contribution in [0, 0.1) is 0 Å². The Morgan fingerprint density at radius 3 is 1.85 bits per heavy atom. The van der Waals surface area contributed by atoms with Crippen molar-refractivity contribution < 1.29 is 118 Å². The smallest absolute Gasteiger partial charge is 0.302 e. The number of hydrogen-bond donors (Lipinski definition) is 12. The van der Waals surface area contributed by atoms with Crippen LogP contribution in [0.2, 0.25) is 0 Å². The van der Waals surface area contributed by atoms with Crippen LogP contribution in [-0.2, 0) is 42.7 Å². The quantitative estimate of drug-likeness (QED) is 0.0677. The summed E-state index contributed by atoms with van der Waals surface area (Å²) in [7, 11) is 1.47. The fraction of sp³-hybridized carbons (Fsp3) is 0.619. The molecule has 0 amide bonds. The van der Waals surface area contributed by atoms with Crippen LogP contribution in [0.5, 0.6) is 17.2 Å². The van der Waals surface area contributed by atoms with Crippen molar-refractivity contribution in [2.45, 2.75) is 137 Å². The van der Waals surface area contributed by atoms with Crippen molar-refractivity contribution >= 4 is 16.9 Å². The van der Waals surface area contributed by atoms with Gasteiger partial charge in [-0.25, -0.2) is 0 Å². The van der Waals surface area contributed by atoms with Gasteiger partial charge in [0.05, 0.1) is 26.4 Å². The Morgan fingerprint density at radius 2 is 1.21 bits per heavy atom. The minimum absolute atomic E-state index is 0.0687. The third-order valence-electron chi connectivity index (χ3n) is 11.8. The molecule has 4 aliphatic heterocycles. The topological polar surface area (TPSA) is 382 Å². The lowest BCUT2D eigenvalue weighted by atomic mass is 9.96. The molecule has 4 aliphatic rings. The van der Waals surface area contributed by atoms with Gasteiger partial charge in [-0.3, -0.25) is 9.59 Å². The van der Waals surface area contributed by atoms with Gasteiger partial charge in [0.2, 0.25) is 6.29 Å². The minimum Gasteiger partial charge on any atom is -0.507 e. The summed E-state index contributed by atoms with van der Waals surface area (Å²) < 4.78 is 63.3. The molecule has 2 aromatic carbocycles. The number of rotatable bonds is 14. The van der Waals surface area contributed by atoms with E-state index in [9.17, 15) is 70.9 Å². The third kappa shape index (κ3) is 10.7. The number of phenolic OH excluding ortho intramolecular Hbond substituents is 1. The van der Waals surface area contributed by atoms with Crippen LogP contribution in [0.25, 0.3) is 22.3 Å². The molecular formula is C42H54O25. The zero-order valence-electron chi connectivity index (χ0n) is 35.9. The molecule has 25 nitrogen and oxygen atoms in total. The van der Waals surface area contributed by atoms with Gasteiger partial charge in [-0.05, 0) is 31.2 Å². The molecule has 25 heteroatoms. The van der Waals surface area contributed by atoms with Crippen LogP contribution in [0.1, 0.15) is 13.8 Å². The first-order valence-corrected chi connectivity index (χ1v) is 21.0. The largest absolute Gasteiger partial charge is 0.507 e. The molecule has 0 bridgehead atoms. The number of phenols is 1. The molecular weight excluding hydrogens is 904 g/mol. The van der Waals surface area contributed by atoms with Crippen molar-refractivity contribution in [3.05, 3.63) is 52.7 Å². The molecule has 7 rings (SSSR count). The second kappa shape index (κ2) is 21.2. The molecule has 67 heavy (non-hydrogen) atoms. The predicted octanol–water partition coefficient (Wildman–Crippen LogP) is -4.58. The molecule has 12 N–H and O–H groups in total. The molecule has 1 aromatic heterocycles. The van der Waals surface area contributed by atoms with Crippen LogP contribution in [0.15, 0.2) is 51.7 Å². The Hall–Kier alpha value is -4.20. The number of ether oxygens (including phenoxy) is 10. The summed E-state index contributed by atoms with van der Waals surface area (Å²) >= 11 is 0. The summed E-state index contributed by atoms with van der Waals surface area (Å²) in [4.78, 5) is 25.0. The molecule has 372 valence electrons. The van der Waals surface area contributed by atoms with Gasteiger partial charge in [-0.2, -0.15) is 0 Å². The van der Waals surface area contributed by atoms with Gasteiger partial charge in [0.1, 0.15) is 126 Å². The van der Waals surface area contributed by atoms with E-state index in [2.05, 4.69) is 0 Å². The van der Waals surface area contributed by atoms with Gasteiger partial charge in [-0.1, -0.05) is 0 Å². The van der Waals surface area contributed by atoms with Crippen molar-refractivity contribution in [3.8, 4) is 28.6 Å². The van der Waals surface area contributed by atoms with E-state index in [1.165, 1.54) is 20.1 Å². The van der Waals surface area contributed by atoms with Gasteiger partial charge >= 0.3 is 5.97 Å². The van der Waals surface area contributed by atoms with E-state index in [0.717, 1.165) is 19.1 Å². The lowest BCUT2D eigenvalue weighted by molar-refractivity contribution is -0.382. The van der Waals surface area contributed by atoms with E-state index < -0.39 is 160 Å². The summed E-state index contributed by atoms with van der Waals surface area (Å²) in [6.07, 6.45) is -36.3. The second-order valence-corrected chi connectivity index (χ2v) is 16.4. The number of fused-ring (bicyclic) bond motifs is 1. The molecule has 20 unspecified atom stereocenters. The van der Waals surface area contributed by atoms with Gasteiger partial charge in [0, 0.05) is 30.7 Å². The number of carbonyl (C=O) groups is 1. The maximum atomic E-state index is 13.3. The Kier molecular flexibility index (Phi) is 16.0. The molecule has 3 aromatic rings. The van der Waals surface area contributed by atoms with Crippen LogP contribution >= 0.6 is 0 Å². The first-order chi connectivity index (χ1) is 31.8. The first-order valence-electron chi connectivity index (χ1n) is 21.0. The highest BCUT2D eigenvalue weighted by Crippen LogP contribution is 2.37. The Morgan fingerprint density at radius 1 is 0.627 bits per heavy atom. The summed E-state index contributed by atoms with van der Waals surface area (Å²) in [5.74, 6) is -1.17. The van der Waals surface area contributed by atoms with Gasteiger partial charge < -0.3 is 113 Å². The number of carbonyl (C=O) groups excluding carboxylic acids is 1. The van der Waals surface area contributed by atoms with Crippen molar-refractivity contribution in [3.63, 3.8) is 0 Å². The van der Waals surface area contributed by atoms with Crippen LogP contribution < -0.4 is 14.9 Å². The Balaban J connectivity index is 1.27. The zero-order valence-corrected chi connectivity index (χ0v) is 35.9. The van der Waals surface area contributed by atoms with Gasteiger partial charge in [0.15, 0.2) is 30.4 Å². The molecule has 0 aliphatic carbocycles. The standard InChI is InChI=1S/C42H54O25/c1-14-27(47)30(50)34(54)40(60-14)66-37-25(13-59-39-33(53)31(51)28(48)23(11-43)63-39)65-42(38(36(37)56)67-41-35(55)32(52)29(49)24(64-41)12-58-15(2)44)61-18-8-19(45)26-20(46)10-21(62-22(26)9-18)16-4-6-17(57-3)7-5-16/h4-10,14,23-25,27-43,45,47-56H,11-13H2,1-3H3. The minimum atomic E-state index is -2.13. The van der Waals surface area contributed by atoms with Gasteiger partial charge in [-0.15, -0.1) is 0 Å². The van der Waals surface area contributed by atoms with E-state index in [1.807, 2.05) is 0 Å². The maximum Gasteiger partial charge on any atom is 0.302 e. The molecule has 0 spiro atoms. The Labute approximate surface area is 379 Å². The summed E-state index contributed by atoms with van der Waals surface area (Å²) in [5, 5.41) is 129. The van der Waals surface area contributed by atoms with E-state index in [4.69, 9.17) is 51.8 Å². The van der Waals surface area contributed by atoms with Crippen molar-refractivity contribution in [1.29, 1.82) is 0 Å². The van der Waals surface area contributed by atoms with E-state index >= 15 is 0 Å². The number of esters is 1. The average molecular weight is 959 g/mol. The summed E-state index contributed by atoms with van der Waals surface area (Å²) in [5.41, 5.74) is -0.417. The monoisotopic (exact) mass is 958 g/mol. The van der Waals surface area contributed by atoms with E-state index in [0.29, 0.717) is 11.3 Å². The fourth-order valence-corrected chi connectivity index (χ4v) is 7.98. The summed E-state index contributed by atoms with van der Waals surface area (Å²) in [6, 6.07) is 9.79. The predicted molar refractivity (Wildman–Crippen MR) is 217 cm³/mol. The number of methoxy groups -OCH3 is 1. The molecule has 0 saturated carbocycles. The van der Waals surface area contributed by atoms with Crippen LogP contribution in [0.3, 0.4) is 0 Å². The van der Waals surface area contributed by atoms with Crippen molar-refractivity contribution in [2.24, 2.45) is 0 Å². The third-order valence-corrected chi connectivity index (χ3v) is 11.8. The summed E-state index contributed by atoms with van der Waals surface area (Å²) in [6.45, 7) is 0.134. The average Bonchev–Trinajstić information content (AvgIpc) is 3.30. The highest BCUT2D eigenvalue weighted by atomic mass is 16.8. The van der Waals surface area contributed by atoms with E-state index in [1.54, 1.807) is 24.3 Å². The van der Waals surface area contributed by atoms with Crippen molar-refractivity contribution in [2.75, 3.05) is 26.9 Å². The molecule has 5 heterocycles. The number of aliphatic hydroxyl groups is 11. The SMILES string of the molecule is COc1ccc(-c2cc(=O)c3c(O)cc(OC4OC(COC5OC(CO)C(O)C(O)C5O)C(OC5OC(C)C(O)C(O)C5O)C(O)C4OC4OC(COC(C)=O)C(O)C(O)C4O)cc3o2)cc1. The number of aromatic hydroxyl groups is 1. The highest BCUT2D eigenvalue weighted by Gasteiger charge is 2.55. The lowest BCUT2D eigenvalue weighted by Gasteiger charge is -2.49. The molecule has 20 atom stereocenters. The first kappa shape index (κ1) is 50.7. The Bertz CT molecular complexity index is 2190. The normalized spacial score (nSPS) is 39.2. The van der Waals surface area contributed by atoms with Gasteiger partial charge in [0.25, 0.3) is 0 Å². The lowest BCUT2D eigenvalue weighted by Crippen LogP contribution is -2.67. The number of benzene rings is 2. The zero-order chi connectivity index (χ0) is 48.6. The molecule has 4 saturated heterocycles. The van der Waals surface area contributed by atoms with E-state index in [-0.39, 0.29) is 22.5 Å². The highest BCUT2D eigenvalue weighted by molar-refractivity contribution is 5.86. The van der Waals surface area contributed by atoms with Crippen LogP contribution in [-0.4, -0.2) is 217 Å². The maximum absolute atomic E-state index is 13.3. The van der Waals surface area contributed by atoms with Crippen LogP contribution in [0.4, 0.5) is 0 Å². The fourth-order valence-electron chi connectivity index (χ4n) is 7.98. The number of aliphatic hydroxyl groups excluding tert-OH is 11. The number of hydrogen-bond acceptors (Lipinski definition) is 25. The molecule has 4 fully saturated rings. The second-order valence-electron chi connectivity index (χ2n) is 16.4. The molecule has 0 radical (unpaired) electrons. The van der Waals surface area contributed by atoms with Crippen molar-refractivity contribution in [1.82, 2.24) is 0 Å².